The highest BCUT2D eigenvalue weighted by Gasteiger charge is 2.44. The van der Waals surface area contributed by atoms with E-state index in [4.69, 9.17) is 19.9 Å². The molecule has 0 amide bonds. The number of nitriles is 1. The van der Waals surface area contributed by atoms with Crippen molar-refractivity contribution in [2.24, 2.45) is 10.7 Å². The van der Waals surface area contributed by atoms with Crippen molar-refractivity contribution in [3.63, 3.8) is 0 Å². The Kier molecular flexibility index (Phi) is 5.75. The van der Waals surface area contributed by atoms with Gasteiger partial charge < -0.3 is 19.9 Å². The van der Waals surface area contributed by atoms with Gasteiger partial charge >= 0.3 is 5.97 Å². The van der Waals surface area contributed by atoms with Crippen LogP contribution in [0.3, 0.4) is 0 Å². The first-order valence-electron chi connectivity index (χ1n) is 8.91. The van der Waals surface area contributed by atoms with Gasteiger partial charge in [-0.25, -0.2) is 9.79 Å². The highest BCUT2D eigenvalue weighted by molar-refractivity contribution is 8.17. The summed E-state index contributed by atoms with van der Waals surface area (Å²) < 4.78 is 16.4. The molecule has 1 atom stereocenters. The van der Waals surface area contributed by atoms with E-state index < -0.39 is 12.0 Å². The third-order valence-electron chi connectivity index (χ3n) is 4.47. The highest BCUT2D eigenvalue weighted by atomic mass is 32.2. The molecule has 1 unspecified atom stereocenters. The Labute approximate surface area is 173 Å². The summed E-state index contributed by atoms with van der Waals surface area (Å²) in [4.78, 5) is 19.5. The zero-order valence-corrected chi connectivity index (χ0v) is 17.7. The Bertz CT molecular complexity index is 991. The number of methoxy groups -OCH3 is 2. The van der Waals surface area contributed by atoms with Gasteiger partial charge in [-0.3, -0.25) is 4.90 Å². The van der Waals surface area contributed by atoms with Gasteiger partial charge in [0.2, 0.25) is 0 Å². The van der Waals surface area contributed by atoms with Gasteiger partial charge in [0.15, 0.2) is 5.17 Å². The van der Waals surface area contributed by atoms with E-state index in [2.05, 4.69) is 11.1 Å². The van der Waals surface area contributed by atoms with Crippen molar-refractivity contribution in [3.8, 4) is 17.6 Å². The normalized spacial score (nSPS) is 18.4. The lowest BCUT2D eigenvalue weighted by molar-refractivity contribution is -0.143. The molecule has 1 aromatic rings. The van der Waals surface area contributed by atoms with Crippen LogP contribution in [0.5, 0.6) is 11.5 Å². The lowest BCUT2D eigenvalue weighted by Gasteiger charge is -2.35. The molecule has 0 bridgehead atoms. The Morgan fingerprint density at radius 1 is 1.34 bits per heavy atom. The molecule has 2 heterocycles. The highest BCUT2D eigenvalue weighted by Crippen LogP contribution is 2.48. The van der Waals surface area contributed by atoms with Gasteiger partial charge in [-0.2, -0.15) is 5.26 Å². The lowest BCUT2D eigenvalue weighted by atomic mass is 9.93. The van der Waals surface area contributed by atoms with Gasteiger partial charge in [0.25, 0.3) is 0 Å². The fraction of sp³-hybridized carbons (Fsp3) is 0.350. The molecule has 0 aliphatic carbocycles. The number of nitrogens with zero attached hydrogens (tertiary/aromatic N) is 3. The predicted molar refractivity (Wildman–Crippen MR) is 110 cm³/mol. The number of carbonyl (C=O) groups excluding carboxylic acids is 1. The van der Waals surface area contributed by atoms with E-state index in [1.807, 2.05) is 0 Å². The summed E-state index contributed by atoms with van der Waals surface area (Å²) in [5.41, 5.74) is 7.75. The molecule has 29 heavy (non-hydrogen) atoms. The smallest absolute Gasteiger partial charge is 0.338 e. The molecule has 0 aromatic heterocycles. The van der Waals surface area contributed by atoms with Crippen molar-refractivity contribution in [3.05, 3.63) is 45.8 Å². The monoisotopic (exact) mass is 414 g/mol. The third-order valence-corrected chi connectivity index (χ3v) is 5.45. The molecular formula is C20H22N4O4S. The second-order valence-electron chi connectivity index (χ2n) is 6.66. The first-order chi connectivity index (χ1) is 13.8. The maximum Gasteiger partial charge on any atom is 0.338 e. The van der Waals surface area contributed by atoms with Gasteiger partial charge in [0.1, 0.15) is 34.3 Å². The Balaban J connectivity index is 2.26. The van der Waals surface area contributed by atoms with Crippen LogP contribution < -0.4 is 15.2 Å². The van der Waals surface area contributed by atoms with E-state index in [1.165, 1.54) is 11.8 Å². The van der Waals surface area contributed by atoms with Crippen molar-refractivity contribution >= 4 is 22.9 Å². The van der Waals surface area contributed by atoms with E-state index in [0.29, 0.717) is 38.4 Å². The van der Waals surface area contributed by atoms with Crippen LogP contribution in [0, 0.1) is 11.3 Å². The average Bonchev–Trinajstić information content (AvgIpc) is 3.00. The summed E-state index contributed by atoms with van der Waals surface area (Å²) in [5, 5.41) is 9.96. The zero-order valence-electron chi connectivity index (χ0n) is 16.8. The summed E-state index contributed by atoms with van der Waals surface area (Å²) in [7, 11) is 3.10. The Hall–Kier alpha value is -3.12. The third kappa shape index (κ3) is 3.63. The van der Waals surface area contributed by atoms with E-state index in [0.717, 1.165) is 0 Å². The van der Waals surface area contributed by atoms with Gasteiger partial charge in [-0.15, -0.1) is 0 Å². The molecule has 152 valence electrons. The minimum atomic E-state index is -0.683. The van der Waals surface area contributed by atoms with E-state index in [-0.39, 0.29) is 11.9 Å². The van der Waals surface area contributed by atoms with Crippen LogP contribution >= 0.6 is 11.8 Å². The number of carbonyl (C=O) groups is 1. The minimum Gasteiger partial charge on any atom is -0.497 e. The fourth-order valence-electron chi connectivity index (χ4n) is 3.23. The quantitative estimate of drug-likeness (QED) is 0.732. The van der Waals surface area contributed by atoms with Crippen molar-refractivity contribution < 1.29 is 19.0 Å². The number of aliphatic imine (C=N–C) groups is 1. The number of thioether (sulfide) groups is 1. The molecule has 1 aromatic carbocycles. The van der Waals surface area contributed by atoms with E-state index in [9.17, 15) is 10.1 Å². The first kappa shape index (κ1) is 20.6. The topological polar surface area (TPSA) is 110 Å². The van der Waals surface area contributed by atoms with Crippen LogP contribution in [0.25, 0.3) is 0 Å². The molecule has 3 rings (SSSR count). The summed E-state index contributed by atoms with van der Waals surface area (Å²) in [5.74, 6) is 0.865. The van der Waals surface area contributed by atoms with E-state index >= 15 is 0 Å². The molecule has 8 nitrogen and oxygen atoms in total. The van der Waals surface area contributed by atoms with Gasteiger partial charge in [0, 0.05) is 5.56 Å². The van der Waals surface area contributed by atoms with Crippen molar-refractivity contribution in [1.82, 2.24) is 4.90 Å². The predicted octanol–water partition coefficient (Wildman–Crippen LogP) is 3.04. The lowest BCUT2D eigenvalue weighted by Crippen LogP contribution is -2.39. The number of amidine groups is 1. The number of esters is 1. The standard InChI is InChI=1S/C20H22N4O4S/c1-10(2)28-19(25)16-11(3)23-20-24(18(22)15(9-21)29-20)17(16)13-8-12(26-4)6-7-14(13)27-5/h6-8,10,17H,22H2,1-5H3. The van der Waals surface area contributed by atoms with Crippen LogP contribution in [-0.2, 0) is 9.53 Å². The van der Waals surface area contributed by atoms with Gasteiger partial charge in [-0.05, 0) is 50.7 Å². The molecule has 9 heteroatoms. The molecule has 2 aliphatic rings. The fourth-order valence-corrected chi connectivity index (χ4v) is 4.14. The van der Waals surface area contributed by atoms with Crippen molar-refractivity contribution in [2.75, 3.05) is 14.2 Å². The number of hydrogen-bond acceptors (Lipinski definition) is 9. The van der Waals surface area contributed by atoms with Gasteiger partial charge in [0.05, 0.1) is 31.6 Å². The zero-order chi connectivity index (χ0) is 21.3. The molecule has 0 fully saturated rings. The van der Waals surface area contributed by atoms with Crippen LogP contribution in [0.4, 0.5) is 0 Å². The van der Waals surface area contributed by atoms with Gasteiger partial charge in [-0.1, -0.05) is 0 Å². The number of ether oxygens (including phenoxy) is 3. The first-order valence-corrected chi connectivity index (χ1v) is 9.73. The average molecular weight is 414 g/mol. The molecule has 2 N–H and O–H groups in total. The number of nitrogens with two attached hydrogens (primary N) is 1. The second-order valence-corrected chi connectivity index (χ2v) is 7.63. The van der Waals surface area contributed by atoms with Crippen molar-refractivity contribution in [1.29, 1.82) is 5.26 Å². The van der Waals surface area contributed by atoms with Crippen LogP contribution in [0.2, 0.25) is 0 Å². The molecule has 0 spiro atoms. The summed E-state index contributed by atoms with van der Waals surface area (Å²) in [6.45, 7) is 5.29. The molecule has 0 saturated heterocycles. The molecular weight excluding hydrogens is 392 g/mol. The van der Waals surface area contributed by atoms with Crippen molar-refractivity contribution in [2.45, 2.75) is 32.9 Å². The second kappa shape index (κ2) is 8.09. The van der Waals surface area contributed by atoms with Crippen LogP contribution in [0.1, 0.15) is 32.4 Å². The maximum atomic E-state index is 13.0. The largest absolute Gasteiger partial charge is 0.497 e. The minimum absolute atomic E-state index is 0.230. The Morgan fingerprint density at radius 3 is 2.66 bits per heavy atom. The van der Waals surface area contributed by atoms with E-state index in [1.54, 1.807) is 58.1 Å². The maximum absolute atomic E-state index is 13.0. The number of benzene rings is 1. The number of allylic oxidation sites excluding steroid dienone is 2. The summed E-state index contributed by atoms with van der Waals surface area (Å²) in [6.07, 6.45) is -0.309. The molecule has 2 aliphatic heterocycles. The van der Waals surface area contributed by atoms with Crippen LogP contribution in [-0.4, -0.2) is 36.4 Å². The summed E-state index contributed by atoms with van der Waals surface area (Å²) >= 11 is 1.17. The molecule has 0 saturated carbocycles. The molecule has 0 radical (unpaired) electrons. The van der Waals surface area contributed by atoms with Crippen LogP contribution in [0.15, 0.2) is 45.2 Å². The number of fused-ring (bicyclic) bond motifs is 1. The number of hydrogen-bond donors (Lipinski definition) is 1. The Morgan fingerprint density at radius 2 is 2.07 bits per heavy atom. The summed E-state index contributed by atoms with van der Waals surface area (Å²) in [6, 6.07) is 6.71. The number of rotatable bonds is 5. The SMILES string of the molecule is COc1ccc(OC)c(C2C(C(=O)OC(C)C)=C(C)N=C3SC(C#N)=C(N)N32)c1.